The van der Waals surface area contributed by atoms with Crippen LogP contribution in [0.2, 0.25) is 0 Å². The van der Waals surface area contributed by atoms with Crippen molar-refractivity contribution in [1.29, 1.82) is 0 Å². The summed E-state index contributed by atoms with van der Waals surface area (Å²) in [6, 6.07) is 39.8. The second-order valence-corrected chi connectivity index (χ2v) is 10.2. The third kappa shape index (κ3) is 4.02. The summed E-state index contributed by atoms with van der Waals surface area (Å²) in [7, 11) is 0. The average Bonchev–Trinajstić information content (AvgIpc) is 2.96. The van der Waals surface area contributed by atoms with E-state index in [1.165, 1.54) is 55.8 Å². The molecule has 0 atom stereocenters. The summed E-state index contributed by atoms with van der Waals surface area (Å²) in [6.07, 6.45) is -4.34. The molecule has 3 heteroatoms. The van der Waals surface area contributed by atoms with Crippen LogP contribution in [-0.4, -0.2) is 0 Å². The molecule has 0 spiro atoms. The van der Waals surface area contributed by atoms with Crippen LogP contribution in [0.5, 0.6) is 0 Å². The van der Waals surface area contributed by atoms with Gasteiger partial charge in [-0.1, -0.05) is 103 Å². The van der Waals surface area contributed by atoms with Crippen LogP contribution in [0, 0.1) is 6.92 Å². The Labute approximate surface area is 223 Å². The van der Waals surface area contributed by atoms with Crippen molar-refractivity contribution >= 4 is 43.1 Å². The van der Waals surface area contributed by atoms with Crippen molar-refractivity contribution in [2.75, 3.05) is 0 Å². The van der Waals surface area contributed by atoms with Crippen molar-refractivity contribution in [3.8, 4) is 22.3 Å². The van der Waals surface area contributed by atoms with Gasteiger partial charge in [-0.2, -0.15) is 13.2 Å². The molecule has 0 saturated carbocycles. The molecule has 188 valence electrons. The van der Waals surface area contributed by atoms with E-state index in [-0.39, 0.29) is 0 Å². The van der Waals surface area contributed by atoms with Gasteiger partial charge in [0.2, 0.25) is 0 Å². The summed E-state index contributed by atoms with van der Waals surface area (Å²) in [5.41, 5.74) is 4.69. The molecular weight excluding hydrogens is 489 g/mol. The second kappa shape index (κ2) is 8.71. The zero-order valence-electron chi connectivity index (χ0n) is 21.2. The number of rotatable bonds is 2. The van der Waals surface area contributed by atoms with Gasteiger partial charge < -0.3 is 0 Å². The number of halogens is 3. The van der Waals surface area contributed by atoms with Crippen LogP contribution in [0.3, 0.4) is 0 Å². The Morgan fingerprint density at radius 2 is 0.744 bits per heavy atom. The van der Waals surface area contributed by atoms with Gasteiger partial charge in [-0.25, -0.2) is 0 Å². The number of benzene rings is 7. The lowest BCUT2D eigenvalue weighted by Gasteiger charge is -2.12. The Kier molecular flexibility index (Phi) is 5.24. The lowest BCUT2D eigenvalue weighted by molar-refractivity contribution is -0.137. The lowest BCUT2D eigenvalue weighted by atomic mass is 9.92. The van der Waals surface area contributed by atoms with E-state index in [9.17, 15) is 13.2 Å². The van der Waals surface area contributed by atoms with Crippen molar-refractivity contribution in [2.24, 2.45) is 0 Å². The molecule has 7 aromatic rings. The fraction of sp³-hybridized carbons (Fsp3) is 0.0556. The molecule has 0 aliphatic rings. The molecular formula is C36H23F3. The van der Waals surface area contributed by atoms with Crippen LogP contribution in [0.15, 0.2) is 121 Å². The molecule has 0 radical (unpaired) electrons. The molecule has 39 heavy (non-hydrogen) atoms. The first-order valence-electron chi connectivity index (χ1n) is 12.9. The molecule has 0 nitrogen and oxygen atoms in total. The minimum atomic E-state index is -4.34. The third-order valence-electron chi connectivity index (χ3n) is 7.76. The first-order chi connectivity index (χ1) is 18.8. The van der Waals surface area contributed by atoms with E-state index < -0.39 is 11.7 Å². The zero-order chi connectivity index (χ0) is 26.7. The van der Waals surface area contributed by atoms with E-state index in [1.807, 2.05) is 6.07 Å². The Bertz CT molecular complexity index is 2030. The van der Waals surface area contributed by atoms with E-state index in [0.717, 1.165) is 39.4 Å². The fourth-order valence-electron chi connectivity index (χ4n) is 5.66. The number of alkyl halides is 3. The molecule has 7 aromatic carbocycles. The molecule has 0 unspecified atom stereocenters. The van der Waals surface area contributed by atoms with Crippen LogP contribution < -0.4 is 0 Å². The smallest absolute Gasteiger partial charge is 0.166 e. The van der Waals surface area contributed by atoms with Crippen molar-refractivity contribution in [1.82, 2.24) is 0 Å². The summed E-state index contributed by atoms with van der Waals surface area (Å²) < 4.78 is 38.9. The van der Waals surface area contributed by atoms with E-state index in [1.54, 1.807) is 0 Å². The van der Waals surface area contributed by atoms with Crippen molar-refractivity contribution in [2.45, 2.75) is 13.1 Å². The monoisotopic (exact) mass is 512 g/mol. The van der Waals surface area contributed by atoms with Crippen LogP contribution in [0.4, 0.5) is 13.2 Å². The van der Waals surface area contributed by atoms with Crippen LogP contribution in [0.25, 0.3) is 65.3 Å². The van der Waals surface area contributed by atoms with Crippen LogP contribution >= 0.6 is 0 Å². The molecule has 0 aromatic heterocycles. The topological polar surface area (TPSA) is 0 Å². The standard InChI is InChI=1S/C36H23F3/c1-22-2-4-23(5-3-22)25-8-14-30-27(20-25)10-16-34-32(30)18-19-33-31-15-9-26(21-28(31)11-17-35(33)34)24-6-12-29(13-7-24)36(37,38)39/h2-21H,1H3. The normalized spacial score (nSPS) is 12.1. The summed E-state index contributed by atoms with van der Waals surface area (Å²) in [5.74, 6) is 0. The first-order valence-corrected chi connectivity index (χ1v) is 12.9. The van der Waals surface area contributed by atoms with Gasteiger partial charge in [0.05, 0.1) is 5.56 Å². The van der Waals surface area contributed by atoms with Gasteiger partial charge in [0, 0.05) is 0 Å². The van der Waals surface area contributed by atoms with Gasteiger partial charge in [0.25, 0.3) is 0 Å². The Morgan fingerprint density at radius 3 is 1.21 bits per heavy atom. The van der Waals surface area contributed by atoms with Gasteiger partial charge >= 0.3 is 6.18 Å². The molecule has 0 aliphatic heterocycles. The third-order valence-corrected chi connectivity index (χ3v) is 7.76. The SMILES string of the molecule is Cc1ccc(-c2ccc3c(ccc4c3ccc3c5ccc(-c6ccc(C(F)(F)F)cc6)cc5ccc34)c2)cc1. The lowest BCUT2D eigenvalue weighted by Crippen LogP contribution is -2.03. The number of hydrogen-bond acceptors (Lipinski definition) is 0. The van der Waals surface area contributed by atoms with Crippen LogP contribution in [0.1, 0.15) is 11.1 Å². The van der Waals surface area contributed by atoms with Gasteiger partial charge in [0.1, 0.15) is 0 Å². The maximum atomic E-state index is 13.0. The maximum absolute atomic E-state index is 13.0. The maximum Gasteiger partial charge on any atom is 0.416 e. The summed E-state index contributed by atoms with van der Waals surface area (Å²) >= 11 is 0. The predicted octanol–water partition coefficient (Wildman–Crippen LogP) is 11.0. The molecule has 0 N–H and O–H groups in total. The average molecular weight is 513 g/mol. The van der Waals surface area contributed by atoms with Gasteiger partial charge in [-0.15, -0.1) is 0 Å². The van der Waals surface area contributed by atoms with E-state index in [0.29, 0.717) is 0 Å². The van der Waals surface area contributed by atoms with Gasteiger partial charge in [0.15, 0.2) is 0 Å². The van der Waals surface area contributed by atoms with Gasteiger partial charge in [-0.05, 0) is 96.5 Å². The Morgan fingerprint density at radius 1 is 0.385 bits per heavy atom. The molecule has 0 heterocycles. The Hall–Kier alpha value is -4.63. The van der Waals surface area contributed by atoms with Crippen molar-refractivity contribution in [3.63, 3.8) is 0 Å². The van der Waals surface area contributed by atoms with Crippen LogP contribution in [-0.2, 0) is 6.18 Å². The summed E-state index contributed by atoms with van der Waals surface area (Å²) in [6.45, 7) is 2.10. The summed E-state index contributed by atoms with van der Waals surface area (Å²) in [4.78, 5) is 0. The molecule has 0 fully saturated rings. The van der Waals surface area contributed by atoms with Crippen molar-refractivity contribution < 1.29 is 13.2 Å². The van der Waals surface area contributed by atoms with E-state index in [2.05, 4.69) is 97.9 Å². The number of aryl methyl sites for hydroxylation is 1. The van der Waals surface area contributed by atoms with Gasteiger partial charge in [-0.3, -0.25) is 0 Å². The number of hydrogen-bond donors (Lipinski definition) is 0. The fourth-order valence-corrected chi connectivity index (χ4v) is 5.66. The summed E-state index contributed by atoms with van der Waals surface area (Å²) in [5, 5.41) is 9.39. The molecule has 0 amide bonds. The van der Waals surface area contributed by atoms with Crippen molar-refractivity contribution in [3.05, 3.63) is 132 Å². The molecule has 7 rings (SSSR count). The minimum absolute atomic E-state index is 0.635. The first kappa shape index (κ1) is 23.5. The highest BCUT2D eigenvalue weighted by molar-refractivity contribution is 6.22. The van der Waals surface area contributed by atoms with E-state index >= 15 is 0 Å². The van der Waals surface area contributed by atoms with E-state index in [4.69, 9.17) is 0 Å². The largest absolute Gasteiger partial charge is 0.416 e. The Balaban J connectivity index is 1.32. The molecule has 0 saturated heterocycles. The highest BCUT2D eigenvalue weighted by atomic mass is 19.4. The molecule has 0 aliphatic carbocycles. The second-order valence-electron chi connectivity index (χ2n) is 10.2. The quantitative estimate of drug-likeness (QED) is 0.202. The zero-order valence-corrected chi connectivity index (χ0v) is 21.2. The number of fused-ring (bicyclic) bond motifs is 7. The minimum Gasteiger partial charge on any atom is -0.166 e. The highest BCUT2D eigenvalue weighted by Crippen LogP contribution is 2.37. The predicted molar refractivity (Wildman–Crippen MR) is 157 cm³/mol. The highest BCUT2D eigenvalue weighted by Gasteiger charge is 2.30. The molecule has 0 bridgehead atoms.